The van der Waals surface area contributed by atoms with Gasteiger partial charge in [0, 0.05) is 42.1 Å². The van der Waals surface area contributed by atoms with Gasteiger partial charge in [0.15, 0.2) is 36.2 Å². The van der Waals surface area contributed by atoms with Crippen LogP contribution < -0.4 is 14.2 Å². The predicted octanol–water partition coefficient (Wildman–Crippen LogP) is 11.0. The van der Waals surface area contributed by atoms with Crippen LogP contribution in [0.4, 0.5) is 0 Å². The van der Waals surface area contributed by atoms with Gasteiger partial charge in [-0.25, -0.2) is 19.9 Å². The molecule has 462 valence electrons. The summed E-state index contributed by atoms with van der Waals surface area (Å²) in [6, 6.07) is 28.7. The van der Waals surface area contributed by atoms with Crippen molar-refractivity contribution in [1.82, 2.24) is 19.9 Å². The van der Waals surface area contributed by atoms with E-state index in [0.717, 1.165) is 117 Å². The molecule has 3 fully saturated rings. The van der Waals surface area contributed by atoms with Crippen LogP contribution in [0.5, 0.6) is 23.0 Å². The smallest absolute Gasteiger partial charge is 0.264 e. The first-order valence-corrected chi connectivity index (χ1v) is 30.0. The quantitative estimate of drug-likeness (QED) is 0.0563. The van der Waals surface area contributed by atoms with Gasteiger partial charge < -0.3 is 75.6 Å². The second kappa shape index (κ2) is 32.9. The highest BCUT2D eigenvalue weighted by molar-refractivity contribution is 7.85. The summed E-state index contributed by atoms with van der Waals surface area (Å²) in [5.74, 6) is 5.82. The highest BCUT2D eigenvalue weighted by Gasteiger charge is 2.23. The van der Waals surface area contributed by atoms with Crippen LogP contribution in [0.1, 0.15) is 97.8 Å². The van der Waals surface area contributed by atoms with Crippen molar-refractivity contribution in [1.29, 1.82) is 0 Å². The molecule has 0 radical (unpaired) electrons. The van der Waals surface area contributed by atoms with E-state index in [1.165, 1.54) is 0 Å². The number of oxazole rings is 4. The number of aromatic hydroxyl groups is 1. The lowest BCUT2D eigenvalue weighted by Crippen LogP contribution is -2.22. The summed E-state index contributed by atoms with van der Waals surface area (Å²) in [7, 11) is 1.22. The van der Waals surface area contributed by atoms with Gasteiger partial charge in [0.05, 0.1) is 46.5 Å². The number of ether oxygens (including phenoxy) is 9. The largest absolute Gasteiger partial charge is 0.508 e. The standard InChI is InChI=1S/C18H23NO7S.2C17H21NO5.C10H9NO2/c1-22-14-8-6-13(7-9-14)18-19-15(11-25-27(2,20)21)16(26-18)12-24-17-5-3-4-10-23-17;2*1-20-13-7-5-12(6-8-13)17-18-14(10-19)15(23-17)11-22-16-4-2-3-9-21-16;1-7-6-13-10(11-7)8-2-4-9(12)5-3-8/h6-9,17H,3-5,10-12H2,1-2H3;2*5-8,16,19H,2-4,9-11H2,1H3;2-6,12H,1H3. The second-order valence-electron chi connectivity index (χ2n) is 19.8. The van der Waals surface area contributed by atoms with Crippen molar-refractivity contribution >= 4 is 10.1 Å². The summed E-state index contributed by atoms with van der Waals surface area (Å²) >= 11 is 0. The Labute approximate surface area is 499 Å². The van der Waals surface area contributed by atoms with E-state index in [9.17, 15) is 18.6 Å². The van der Waals surface area contributed by atoms with Gasteiger partial charge in [0.1, 0.15) is 72.8 Å². The van der Waals surface area contributed by atoms with Crippen molar-refractivity contribution in [3.63, 3.8) is 0 Å². The molecule has 3 unspecified atom stereocenters. The van der Waals surface area contributed by atoms with Crippen molar-refractivity contribution in [2.45, 2.75) is 123 Å². The number of phenolic OH excluding ortho intramolecular Hbond substituents is 1. The molecule has 86 heavy (non-hydrogen) atoms. The van der Waals surface area contributed by atoms with Gasteiger partial charge >= 0.3 is 0 Å². The first-order valence-electron chi connectivity index (χ1n) is 28.2. The molecular formula is C62H74N4O19S. The Morgan fingerprint density at radius 2 is 0.826 bits per heavy atom. The molecule has 0 saturated carbocycles. The van der Waals surface area contributed by atoms with Gasteiger partial charge in [-0.1, -0.05) is 0 Å². The maximum Gasteiger partial charge on any atom is 0.264 e. The monoisotopic (exact) mass is 1210 g/mol. The maximum atomic E-state index is 11.3. The zero-order valence-electron chi connectivity index (χ0n) is 48.8. The van der Waals surface area contributed by atoms with Crippen LogP contribution in [-0.4, -0.2) is 110 Å². The molecule has 4 aromatic heterocycles. The Morgan fingerprint density at radius 1 is 0.477 bits per heavy atom. The first kappa shape index (κ1) is 64.5. The second-order valence-corrected chi connectivity index (χ2v) is 21.4. The maximum absolute atomic E-state index is 11.3. The molecule has 8 aromatic rings. The minimum atomic E-state index is -3.60. The molecular weight excluding hydrogens is 1140 g/mol. The highest BCUT2D eigenvalue weighted by atomic mass is 32.2. The first-order chi connectivity index (χ1) is 41.8. The van der Waals surface area contributed by atoms with Crippen LogP contribution in [0.2, 0.25) is 0 Å². The van der Waals surface area contributed by atoms with E-state index in [2.05, 4.69) is 19.9 Å². The zero-order valence-corrected chi connectivity index (χ0v) is 49.7. The van der Waals surface area contributed by atoms with Gasteiger partial charge in [-0.3, -0.25) is 4.18 Å². The van der Waals surface area contributed by atoms with Crippen molar-refractivity contribution in [2.75, 3.05) is 47.4 Å². The third kappa shape index (κ3) is 19.8. The molecule has 0 amide bonds. The minimum Gasteiger partial charge on any atom is -0.508 e. The molecule has 3 aliphatic rings. The van der Waals surface area contributed by atoms with Crippen molar-refractivity contribution in [2.24, 2.45) is 0 Å². The average molecular weight is 1210 g/mol. The Hall–Kier alpha value is -7.49. The van der Waals surface area contributed by atoms with Crippen molar-refractivity contribution < 1.29 is 88.2 Å². The van der Waals surface area contributed by atoms with Crippen LogP contribution in [-0.2, 0) is 82.4 Å². The van der Waals surface area contributed by atoms with E-state index in [1.807, 2.05) is 55.5 Å². The molecule has 3 N–H and O–H groups in total. The molecule has 0 aliphatic carbocycles. The third-order valence-electron chi connectivity index (χ3n) is 13.4. The van der Waals surface area contributed by atoms with Gasteiger partial charge in [-0.05, 0) is 162 Å². The van der Waals surface area contributed by atoms with E-state index >= 15 is 0 Å². The Bertz CT molecular complexity index is 3250. The molecule has 24 heteroatoms. The molecule has 23 nitrogen and oxygen atoms in total. The van der Waals surface area contributed by atoms with E-state index in [0.29, 0.717) is 70.3 Å². The lowest BCUT2D eigenvalue weighted by molar-refractivity contribution is -0.171. The van der Waals surface area contributed by atoms with Crippen LogP contribution in [0.15, 0.2) is 121 Å². The fourth-order valence-electron chi connectivity index (χ4n) is 8.71. The zero-order chi connectivity index (χ0) is 60.7. The van der Waals surface area contributed by atoms with Gasteiger partial charge in [0.25, 0.3) is 10.1 Å². The molecule has 11 rings (SSSR count). The van der Waals surface area contributed by atoms with Crippen molar-refractivity contribution in [3.8, 4) is 68.8 Å². The number of aliphatic hydroxyl groups excluding tert-OH is 2. The number of hydrogen-bond donors (Lipinski definition) is 3. The van der Waals surface area contributed by atoms with E-state index < -0.39 is 10.1 Å². The number of hydrogen-bond acceptors (Lipinski definition) is 23. The van der Waals surface area contributed by atoms with E-state index in [-0.39, 0.29) is 64.3 Å². The summed E-state index contributed by atoms with van der Waals surface area (Å²) in [4.78, 5) is 17.2. The number of phenols is 1. The third-order valence-corrected chi connectivity index (χ3v) is 13.9. The van der Waals surface area contributed by atoms with Gasteiger partial charge in [0.2, 0.25) is 23.6 Å². The van der Waals surface area contributed by atoms with E-state index in [1.54, 1.807) is 76.1 Å². The SMILES string of the molecule is COc1ccc(-c2nc(CO)c(COC3CCCCO3)o2)cc1.COc1ccc(-c2nc(CO)c(COC3CCCCO3)o2)cc1.COc1ccc(-c2nc(COS(C)(=O)=O)c(COC3CCCCO3)o2)cc1.Cc1coc(-c2ccc(O)cc2)n1. The fourth-order valence-corrected chi connectivity index (χ4v) is 9.03. The number of aliphatic hydroxyl groups is 2. The molecule has 4 aromatic carbocycles. The van der Waals surface area contributed by atoms with Crippen LogP contribution in [0.3, 0.4) is 0 Å². The van der Waals surface area contributed by atoms with E-state index in [4.69, 9.17) is 69.6 Å². The molecule has 0 spiro atoms. The van der Waals surface area contributed by atoms with Crippen molar-refractivity contribution in [3.05, 3.63) is 143 Å². The molecule has 3 saturated heterocycles. The predicted molar refractivity (Wildman–Crippen MR) is 310 cm³/mol. The topological polar surface area (TPSA) is 291 Å². The molecule has 3 atom stereocenters. The summed E-state index contributed by atoms with van der Waals surface area (Å²) in [6.45, 7) is 3.99. The minimum absolute atomic E-state index is 0.121. The normalized spacial score (nSPS) is 16.8. The van der Waals surface area contributed by atoms with Gasteiger partial charge in [-0.15, -0.1) is 0 Å². The Morgan fingerprint density at radius 3 is 1.14 bits per heavy atom. The lowest BCUT2D eigenvalue weighted by Gasteiger charge is -2.22. The highest BCUT2D eigenvalue weighted by Crippen LogP contribution is 2.30. The Balaban J connectivity index is 0.000000153. The number of nitrogens with zero attached hydrogens (tertiary/aromatic N) is 4. The fraction of sp³-hybridized carbons (Fsp3) is 0.419. The van der Waals surface area contributed by atoms with Crippen LogP contribution in [0.25, 0.3) is 45.8 Å². The number of benzene rings is 4. The van der Waals surface area contributed by atoms with Crippen LogP contribution in [0, 0.1) is 6.92 Å². The van der Waals surface area contributed by atoms with Gasteiger partial charge in [-0.2, -0.15) is 8.42 Å². The number of methoxy groups -OCH3 is 3. The van der Waals surface area contributed by atoms with Crippen LogP contribution >= 0.6 is 0 Å². The molecule has 0 bridgehead atoms. The summed E-state index contributed by atoms with van der Waals surface area (Å²) in [5.41, 5.74) is 5.45. The Kier molecular flexibility index (Phi) is 24.6. The number of aryl methyl sites for hydroxylation is 1. The average Bonchev–Trinajstić information content (AvgIpc) is 4.57. The molecule has 7 heterocycles. The number of rotatable bonds is 21. The number of aromatic nitrogens is 4. The lowest BCUT2D eigenvalue weighted by atomic mass is 10.2. The summed E-state index contributed by atoms with van der Waals surface area (Å²) in [5, 5.41) is 28.0. The molecule has 3 aliphatic heterocycles. The summed E-state index contributed by atoms with van der Waals surface area (Å²) < 4.78 is 99.3. The summed E-state index contributed by atoms with van der Waals surface area (Å²) in [6.07, 6.45) is 10.9.